The Bertz CT molecular complexity index is 564. The van der Waals surface area contributed by atoms with Crippen LogP contribution >= 0.6 is 47.2 Å². The Balaban J connectivity index is 0.00000484. The summed E-state index contributed by atoms with van der Waals surface area (Å²) in [5.41, 5.74) is 0.852. The molecule has 0 bridgehead atoms. The van der Waals surface area contributed by atoms with E-state index in [1.54, 1.807) is 32.3 Å². The fourth-order valence-electron chi connectivity index (χ4n) is 1.47. The summed E-state index contributed by atoms with van der Waals surface area (Å²) in [5.74, 6) is 0.471. The minimum absolute atomic E-state index is 0. The van der Waals surface area contributed by atoms with E-state index in [4.69, 9.17) is 23.2 Å². The number of likely N-dealkylation sites (N-methyl/N-ethyl adjacent to an activating group) is 1. The molecule has 0 saturated carbocycles. The molecule has 0 aromatic heterocycles. The molecule has 0 aliphatic heterocycles. The molecule has 0 heterocycles. The first-order chi connectivity index (χ1) is 10.4. The Labute approximate surface area is 164 Å². The van der Waals surface area contributed by atoms with Gasteiger partial charge in [0.15, 0.2) is 5.96 Å². The highest BCUT2D eigenvalue weighted by atomic mass is 127. The zero-order valence-corrected chi connectivity index (χ0v) is 16.9. The predicted molar refractivity (Wildman–Crippen MR) is 108 cm³/mol. The first kappa shape index (κ1) is 22.0. The zero-order valence-electron chi connectivity index (χ0n) is 13.1. The van der Waals surface area contributed by atoms with Gasteiger partial charge < -0.3 is 15.5 Å². The van der Waals surface area contributed by atoms with Crippen LogP contribution in [-0.2, 0) is 11.3 Å². The second-order valence-electron chi connectivity index (χ2n) is 4.71. The quantitative estimate of drug-likeness (QED) is 0.291. The van der Waals surface area contributed by atoms with Crippen molar-refractivity contribution in [1.82, 2.24) is 15.5 Å². The van der Waals surface area contributed by atoms with E-state index < -0.39 is 0 Å². The van der Waals surface area contributed by atoms with Crippen molar-refractivity contribution in [3.8, 4) is 0 Å². The summed E-state index contributed by atoms with van der Waals surface area (Å²) in [4.78, 5) is 17.5. The number of rotatable bonds is 6. The average molecular weight is 471 g/mol. The van der Waals surface area contributed by atoms with Crippen molar-refractivity contribution >= 4 is 59.0 Å². The van der Waals surface area contributed by atoms with Gasteiger partial charge in [-0.3, -0.25) is 4.79 Å². The van der Waals surface area contributed by atoms with Gasteiger partial charge in [0, 0.05) is 30.7 Å². The third-order valence-electron chi connectivity index (χ3n) is 2.74. The molecule has 0 fully saturated rings. The summed E-state index contributed by atoms with van der Waals surface area (Å²) < 4.78 is 0. The summed E-state index contributed by atoms with van der Waals surface area (Å²) >= 11 is 12.0. The van der Waals surface area contributed by atoms with Gasteiger partial charge in [-0.25, -0.2) is 4.99 Å². The van der Waals surface area contributed by atoms with E-state index in [1.165, 1.54) is 4.90 Å². The van der Waals surface area contributed by atoms with E-state index in [0.717, 1.165) is 5.56 Å². The predicted octanol–water partition coefficient (Wildman–Crippen LogP) is 2.92. The van der Waals surface area contributed by atoms with Gasteiger partial charge in [0.05, 0.1) is 13.1 Å². The summed E-state index contributed by atoms with van der Waals surface area (Å²) in [7, 11) is 3.40. The van der Waals surface area contributed by atoms with E-state index in [2.05, 4.69) is 22.2 Å². The van der Waals surface area contributed by atoms with Gasteiger partial charge in [0.1, 0.15) is 0 Å². The minimum Gasteiger partial charge on any atom is -0.353 e. The Hall–Kier alpha value is -0.990. The molecule has 1 amide bonds. The van der Waals surface area contributed by atoms with E-state index >= 15 is 0 Å². The van der Waals surface area contributed by atoms with Crippen LogP contribution in [0.1, 0.15) is 5.56 Å². The summed E-state index contributed by atoms with van der Waals surface area (Å²) in [6.45, 7) is 4.71. The Morgan fingerprint density at radius 2 is 2.04 bits per heavy atom. The standard InChI is InChI=1S/C15H20Cl2N4O.HI/c1-4-7-18-15(20-10-14(22)21(2)3)19-9-11-5-6-12(16)8-13(11)17;/h4-6,8H,1,7,9-10H2,2-3H3,(H2,18,19,20);1H. The Morgan fingerprint density at radius 1 is 1.35 bits per heavy atom. The van der Waals surface area contributed by atoms with Crippen LogP contribution in [0.4, 0.5) is 0 Å². The maximum Gasteiger partial charge on any atom is 0.241 e. The average Bonchev–Trinajstić information content (AvgIpc) is 2.47. The van der Waals surface area contributed by atoms with Crippen LogP contribution in [0.2, 0.25) is 10.0 Å². The molecular formula is C15H21Cl2IN4O. The van der Waals surface area contributed by atoms with E-state index in [1.807, 2.05) is 6.07 Å². The zero-order chi connectivity index (χ0) is 16.5. The number of halogens is 3. The molecule has 0 unspecified atom stereocenters. The number of hydrogen-bond donors (Lipinski definition) is 2. The van der Waals surface area contributed by atoms with Crippen molar-refractivity contribution in [2.24, 2.45) is 4.99 Å². The minimum atomic E-state index is -0.0439. The number of aliphatic imine (C=N–C) groups is 1. The van der Waals surface area contributed by atoms with Gasteiger partial charge in [0.25, 0.3) is 0 Å². The first-order valence-electron chi connectivity index (χ1n) is 6.71. The van der Waals surface area contributed by atoms with Crippen molar-refractivity contribution in [2.75, 3.05) is 27.2 Å². The van der Waals surface area contributed by atoms with Crippen molar-refractivity contribution in [3.63, 3.8) is 0 Å². The largest absolute Gasteiger partial charge is 0.353 e. The maximum absolute atomic E-state index is 11.6. The lowest BCUT2D eigenvalue weighted by Gasteiger charge is -2.14. The third kappa shape index (κ3) is 8.43. The van der Waals surface area contributed by atoms with Crippen molar-refractivity contribution < 1.29 is 4.79 Å². The SMILES string of the molecule is C=CCNC(=NCc1ccc(Cl)cc1Cl)NCC(=O)N(C)C.I. The molecule has 1 rings (SSSR count). The number of benzene rings is 1. The second kappa shape index (κ2) is 11.5. The normalized spacial score (nSPS) is 10.5. The smallest absolute Gasteiger partial charge is 0.241 e. The summed E-state index contributed by atoms with van der Waals surface area (Å²) in [6.07, 6.45) is 1.71. The topological polar surface area (TPSA) is 56.7 Å². The number of hydrogen-bond acceptors (Lipinski definition) is 2. The third-order valence-corrected chi connectivity index (χ3v) is 3.33. The highest BCUT2D eigenvalue weighted by Gasteiger charge is 2.06. The van der Waals surface area contributed by atoms with Crippen LogP contribution in [-0.4, -0.2) is 44.0 Å². The lowest BCUT2D eigenvalue weighted by molar-refractivity contribution is -0.127. The van der Waals surface area contributed by atoms with Gasteiger partial charge in [-0.05, 0) is 17.7 Å². The molecule has 0 spiro atoms. The number of nitrogens with zero attached hydrogens (tertiary/aromatic N) is 2. The first-order valence-corrected chi connectivity index (χ1v) is 7.46. The molecule has 23 heavy (non-hydrogen) atoms. The van der Waals surface area contributed by atoms with Crippen LogP contribution in [0, 0.1) is 0 Å². The van der Waals surface area contributed by atoms with Crippen LogP contribution < -0.4 is 10.6 Å². The lowest BCUT2D eigenvalue weighted by Crippen LogP contribution is -2.43. The van der Waals surface area contributed by atoms with E-state index in [9.17, 15) is 4.79 Å². The molecule has 128 valence electrons. The fraction of sp³-hybridized carbons (Fsp3) is 0.333. The van der Waals surface area contributed by atoms with Crippen LogP contribution in [0.25, 0.3) is 0 Å². The number of amides is 1. The van der Waals surface area contributed by atoms with Crippen LogP contribution in [0.5, 0.6) is 0 Å². The Morgan fingerprint density at radius 3 is 2.61 bits per heavy atom. The van der Waals surface area contributed by atoms with Crippen molar-refractivity contribution in [2.45, 2.75) is 6.54 Å². The molecule has 0 aliphatic carbocycles. The second-order valence-corrected chi connectivity index (χ2v) is 5.56. The highest BCUT2D eigenvalue weighted by molar-refractivity contribution is 14.0. The molecule has 8 heteroatoms. The summed E-state index contributed by atoms with van der Waals surface area (Å²) in [6, 6.07) is 5.26. The molecule has 1 aromatic carbocycles. The molecule has 5 nitrogen and oxygen atoms in total. The molecule has 0 saturated heterocycles. The highest BCUT2D eigenvalue weighted by Crippen LogP contribution is 2.21. The van der Waals surface area contributed by atoms with Gasteiger partial charge in [-0.1, -0.05) is 35.3 Å². The van der Waals surface area contributed by atoms with Gasteiger partial charge in [0.2, 0.25) is 5.91 Å². The number of carbonyl (C=O) groups excluding carboxylic acids is 1. The van der Waals surface area contributed by atoms with E-state index in [0.29, 0.717) is 29.1 Å². The summed E-state index contributed by atoms with van der Waals surface area (Å²) in [5, 5.41) is 7.15. The van der Waals surface area contributed by atoms with Gasteiger partial charge in [-0.15, -0.1) is 30.6 Å². The molecular weight excluding hydrogens is 450 g/mol. The molecule has 0 atom stereocenters. The number of carbonyl (C=O) groups is 1. The monoisotopic (exact) mass is 470 g/mol. The lowest BCUT2D eigenvalue weighted by atomic mass is 10.2. The van der Waals surface area contributed by atoms with Gasteiger partial charge >= 0.3 is 0 Å². The molecule has 2 N–H and O–H groups in total. The number of nitrogens with one attached hydrogen (secondary N) is 2. The molecule has 1 aromatic rings. The number of guanidine groups is 1. The van der Waals surface area contributed by atoms with Crippen molar-refractivity contribution in [3.05, 3.63) is 46.5 Å². The fourth-order valence-corrected chi connectivity index (χ4v) is 1.94. The van der Waals surface area contributed by atoms with Gasteiger partial charge in [-0.2, -0.15) is 0 Å². The Kier molecular flexibility index (Phi) is 11.0. The molecule has 0 aliphatic rings. The van der Waals surface area contributed by atoms with Crippen LogP contribution in [0.15, 0.2) is 35.8 Å². The van der Waals surface area contributed by atoms with Crippen molar-refractivity contribution in [1.29, 1.82) is 0 Å². The molecule has 0 radical (unpaired) electrons. The van der Waals surface area contributed by atoms with Crippen LogP contribution in [0.3, 0.4) is 0 Å². The van der Waals surface area contributed by atoms with E-state index in [-0.39, 0.29) is 36.4 Å². The maximum atomic E-state index is 11.6.